The fraction of sp³-hybridized carbons (Fsp3) is 0.353. The predicted molar refractivity (Wildman–Crippen MR) is 93.5 cm³/mol. The number of hydrogen-bond donors (Lipinski definition) is 1. The highest BCUT2D eigenvalue weighted by Gasteiger charge is 2.13. The topological polar surface area (TPSA) is 24.9 Å². The van der Waals surface area contributed by atoms with Gasteiger partial charge in [0.25, 0.3) is 0 Å². The quantitative estimate of drug-likeness (QED) is 0.726. The first-order valence-corrected chi connectivity index (χ1v) is 8.97. The molecule has 110 valence electrons. The Morgan fingerprint density at radius 2 is 2.05 bits per heavy atom. The molecule has 2 aromatic heterocycles. The molecule has 0 fully saturated rings. The summed E-state index contributed by atoms with van der Waals surface area (Å²) in [4.78, 5) is 5.96. The van der Waals surface area contributed by atoms with Gasteiger partial charge in [-0.3, -0.25) is 0 Å². The fourth-order valence-electron chi connectivity index (χ4n) is 2.64. The van der Waals surface area contributed by atoms with Crippen LogP contribution in [0, 0.1) is 13.8 Å². The third-order valence-corrected chi connectivity index (χ3v) is 6.05. The Kier molecular flexibility index (Phi) is 4.38. The van der Waals surface area contributed by atoms with Crippen LogP contribution in [0.25, 0.3) is 10.1 Å². The van der Waals surface area contributed by atoms with E-state index in [1.165, 1.54) is 26.2 Å². The molecule has 0 spiro atoms. The van der Waals surface area contributed by atoms with Crippen molar-refractivity contribution in [2.75, 3.05) is 6.54 Å². The van der Waals surface area contributed by atoms with E-state index in [0.717, 1.165) is 18.0 Å². The van der Waals surface area contributed by atoms with Crippen LogP contribution in [-0.2, 0) is 6.42 Å². The van der Waals surface area contributed by atoms with Gasteiger partial charge in [-0.2, -0.15) is 0 Å². The highest BCUT2D eigenvalue weighted by Crippen LogP contribution is 2.34. The van der Waals surface area contributed by atoms with Crippen molar-refractivity contribution in [1.82, 2.24) is 10.3 Å². The summed E-state index contributed by atoms with van der Waals surface area (Å²) in [5.41, 5.74) is 2.62. The molecular weight excluding hydrogens is 296 g/mol. The molecule has 0 aliphatic carbocycles. The second-order valence-corrected chi connectivity index (χ2v) is 7.52. The maximum Gasteiger partial charge on any atom is 0.0897 e. The summed E-state index contributed by atoms with van der Waals surface area (Å²) < 4.78 is 1.38. The molecular formula is C17H20N2S2. The monoisotopic (exact) mass is 316 g/mol. The minimum absolute atomic E-state index is 0.391. The molecule has 1 atom stereocenters. The summed E-state index contributed by atoms with van der Waals surface area (Å²) in [5, 5.41) is 8.33. The van der Waals surface area contributed by atoms with Crippen molar-refractivity contribution in [3.63, 3.8) is 0 Å². The lowest BCUT2D eigenvalue weighted by molar-refractivity contribution is 0.580. The second kappa shape index (κ2) is 6.26. The molecule has 1 unspecified atom stereocenters. The maximum absolute atomic E-state index is 4.51. The van der Waals surface area contributed by atoms with Gasteiger partial charge < -0.3 is 5.32 Å². The van der Waals surface area contributed by atoms with Crippen LogP contribution in [0.3, 0.4) is 0 Å². The molecule has 0 saturated heterocycles. The van der Waals surface area contributed by atoms with Crippen LogP contribution < -0.4 is 5.32 Å². The smallest absolute Gasteiger partial charge is 0.0897 e. The highest BCUT2D eigenvalue weighted by atomic mass is 32.1. The summed E-state index contributed by atoms with van der Waals surface area (Å²) in [5.74, 6) is 0. The van der Waals surface area contributed by atoms with E-state index in [0.29, 0.717) is 6.04 Å². The first-order valence-electron chi connectivity index (χ1n) is 7.27. The molecule has 0 radical (unpaired) electrons. The molecule has 0 bridgehead atoms. The van der Waals surface area contributed by atoms with Crippen LogP contribution in [0.4, 0.5) is 0 Å². The standard InChI is InChI=1S/C17H20N2S2/c1-11-15-6-4-5-7-16(15)21-17(11)12(2)18-9-8-14-10-20-13(3)19-14/h4-7,10,12,18H,8-9H2,1-3H3. The van der Waals surface area contributed by atoms with Gasteiger partial charge in [-0.15, -0.1) is 22.7 Å². The summed E-state index contributed by atoms with van der Waals surface area (Å²) >= 11 is 3.63. The number of nitrogens with zero attached hydrogens (tertiary/aromatic N) is 1. The number of aromatic nitrogens is 1. The Bertz CT molecular complexity index is 742. The summed E-state index contributed by atoms with van der Waals surface area (Å²) in [6, 6.07) is 9.05. The molecule has 1 N–H and O–H groups in total. The second-order valence-electron chi connectivity index (χ2n) is 5.37. The normalized spacial score (nSPS) is 12.9. The number of fused-ring (bicyclic) bond motifs is 1. The fourth-order valence-corrected chi connectivity index (χ4v) is 4.52. The number of rotatable bonds is 5. The molecule has 0 aliphatic rings. The summed E-state index contributed by atoms with van der Waals surface area (Å²) in [6.45, 7) is 7.52. The average Bonchev–Trinajstić information content (AvgIpc) is 3.03. The van der Waals surface area contributed by atoms with Gasteiger partial charge in [0, 0.05) is 34.0 Å². The molecule has 0 aliphatic heterocycles. The molecule has 21 heavy (non-hydrogen) atoms. The molecule has 2 heterocycles. The number of thiazole rings is 1. The van der Waals surface area contributed by atoms with Gasteiger partial charge in [-0.25, -0.2) is 4.98 Å². The van der Waals surface area contributed by atoms with Crippen LogP contribution in [-0.4, -0.2) is 11.5 Å². The molecule has 3 rings (SSSR count). The minimum atomic E-state index is 0.391. The molecule has 3 aromatic rings. The van der Waals surface area contributed by atoms with Crippen LogP contribution in [0.5, 0.6) is 0 Å². The van der Waals surface area contributed by atoms with Crippen molar-refractivity contribution in [1.29, 1.82) is 0 Å². The van der Waals surface area contributed by atoms with Crippen LogP contribution in [0.2, 0.25) is 0 Å². The van der Waals surface area contributed by atoms with Crippen molar-refractivity contribution in [3.05, 3.63) is 50.8 Å². The lowest BCUT2D eigenvalue weighted by atomic mass is 10.1. The summed E-state index contributed by atoms with van der Waals surface area (Å²) in [6.07, 6.45) is 0.999. The average molecular weight is 316 g/mol. The number of benzene rings is 1. The van der Waals surface area contributed by atoms with Gasteiger partial charge in [0.15, 0.2) is 0 Å². The lowest BCUT2D eigenvalue weighted by Crippen LogP contribution is -2.21. The molecule has 4 heteroatoms. The van der Waals surface area contributed by atoms with E-state index in [-0.39, 0.29) is 0 Å². The highest BCUT2D eigenvalue weighted by molar-refractivity contribution is 7.19. The Morgan fingerprint density at radius 3 is 2.76 bits per heavy atom. The van der Waals surface area contributed by atoms with Gasteiger partial charge in [0.05, 0.1) is 10.7 Å². The molecule has 0 saturated carbocycles. The zero-order valence-corrected chi connectivity index (χ0v) is 14.3. The SMILES string of the molecule is Cc1nc(CCNC(C)c2sc3ccccc3c2C)cs1. The summed E-state index contributed by atoms with van der Waals surface area (Å²) in [7, 11) is 0. The predicted octanol–water partition coefficient (Wildman–Crippen LogP) is 4.87. The zero-order chi connectivity index (χ0) is 14.8. The Morgan fingerprint density at radius 1 is 1.24 bits per heavy atom. The zero-order valence-electron chi connectivity index (χ0n) is 12.6. The molecule has 0 amide bonds. The van der Waals surface area contributed by atoms with Gasteiger partial charge in [0.1, 0.15) is 0 Å². The maximum atomic E-state index is 4.51. The number of thiophene rings is 1. The van der Waals surface area contributed by atoms with Gasteiger partial charge in [-0.1, -0.05) is 18.2 Å². The van der Waals surface area contributed by atoms with Crippen molar-refractivity contribution in [2.45, 2.75) is 33.2 Å². The first-order chi connectivity index (χ1) is 10.1. The number of hydrogen-bond acceptors (Lipinski definition) is 4. The van der Waals surface area contributed by atoms with Crippen LogP contribution in [0.1, 0.15) is 34.1 Å². The minimum Gasteiger partial charge on any atom is -0.309 e. The van der Waals surface area contributed by atoms with Crippen molar-refractivity contribution < 1.29 is 0 Å². The van der Waals surface area contributed by atoms with Crippen LogP contribution in [0.15, 0.2) is 29.6 Å². The van der Waals surface area contributed by atoms with Gasteiger partial charge >= 0.3 is 0 Å². The first kappa shape index (κ1) is 14.7. The Balaban J connectivity index is 1.66. The lowest BCUT2D eigenvalue weighted by Gasteiger charge is -2.12. The van der Waals surface area contributed by atoms with Crippen molar-refractivity contribution >= 4 is 32.8 Å². The third kappa shape index (κ3) is 3.18. The van der Waals surface area contributed by atoms with E-state index in [9.17, 15) is 0 Å². The van der Waals surface area contributed by atoms with Gasteiger partial charge in [0.2, 0.25) is 0 Å². The number of aryl methyl sites for hydroxylation is 2. The van der Waals surface area contributed by atoms with Crippen molar-refractivity contribution in [3.8, 4) is 0 Å². The molecule has 1 aromatic carbocycles. The largest absolute Gasteiger partial charge is 0.309 e. The van der Waals surface area contributed by atoms with E-state index in [1.54, 1.807) is 11.3 Å². The third-order valence-electron chi connectivity index (χ3n) is 3.77. The van der Waals surface area contributed by atoms with E-state index in [2.05, 4.69) is 60.7 Å². The van der Waals surface area contributed by atoms with Crippen LogP contribution >= 0.6 is 22.7 Å². The van der Waals surface area contributed by atoms with Gasteiger partial charge in [-0.05, 0) is 37.8 Å². The van der Waals surface area contributed by atoms with E-state index < -0.39 is 0 Å². The van der Waals surface area contributed by atoms with E-state index >= 15 is 0 Å². The van der Waals surface area contributed by atoms with E-state index in [4.69, 9.17) is 0 Å². The Labute approximate surface area is 133 Å². The molecule has 2 nitrogen and oxygen atoms in total. The number of nitrogens with one attached hydrogen (secondary N) is 1. The Hall–Kier alpha value is -1.23. The van der Waals surface area contributed by atoms with E-state index in [1.807, 2.05) is 11.3 Å². The van der Waals surface area contributed by atoms with Crippen molar-refractivity contribution in [2.24, 2.45) is 0 Å².